The van der Waals surface area contributed by atoms with Crippen LogP contribution in [0, 0.1) is 0 Å². The molecule has 0 saturated heterocycles. The molecular formula is C18H21F3N8O. The van der Waals surface area contributed by atoms with E-state index >= 15 is 0 Å². The quantitative estimate of drug-likeness (QED) is 0.581. The Morgan fingerprint density at radius 2 is 2.10 bits per heavy atom. The van der Waals surface area contributed by atoms with Crippen LogP contribution in [0.3, 0.4) is 0 Å². The van der Waals surface area contributed by atoms with Crippen molar-refractivity contribution in [2.24, 2.45) is 0 Å². The van der Waals surface area contributed by atoms with E-state index in [1.165, 1.54) is 12.5 Å². The number of imidazole rings is 1. The molecule has 9 nitrogen and oxygen atoms in total. The topological polar surface area (TPSA) is 113 Å². The van der Waals surface area contributed by atoms with Crippen LogP contribution >= 0.6 is 0 Å². The maximum absolute atomic E-state index is 12.9. The smallest absolute Gasteiger partial charge is 0.348 e. The summed E-state index contributed by atoms with van der Waals surface area (Å²) in [7, 11) is 0. The first-order chi connectivity index (χ1) is 14.2. The summed E-state index contributed by atoms with van der Waals surface area (Å²) in [4.78, 5) is 25.6. The summed E-state index contributed by atoms with van der Waals surface area (Å²) in [6, 6.07) is -0.150. The predicted molar refractivity (Wildman–Crippen MR) is 101 cm³/mol. The molecule has 3 aromatic rings. The number of aromatic nitrogens is 6. The van der Waals surface area contributed by atoms with Crippen LogP contribution in [0.4, 0.5) is 13.2 Å². The zero-order valence-electron chi connectivity index (χ0n) is 16.2. The molecule has 0 bridgehead atoms. The lowest BCUT2D eigenvalue weighted by Crippen LogP contribution is -2.51. The third kappa shape index (κ3) is 4.42. The standard InChI is InChI=1S/C18H21F3N8O/c1-17(23-9-18(19,20)21)4-2-11(3-5-17)25-15(30)14-13-12(8-24-28-13)26-16(27-14)29-7-6-22-10-29/h6-8,10-11,23H,2-5,9H2,1H3,(H,24,28)(H,25,30)/t11-,17+. The molecule has 160 valence electrons. The molecule has 3 aromatic heterocycles. The number of nitrogens with one attached hydrogen (secondary N) is 3. The van der Waals surface area contributed by atoms with E-state index in [0.717, 1.165) is 0 Å². The van der Waals surface area contributed by atoms with Gasteiger partial charge in [0.15, 0.2) is 5.69 Å². The van der Waals surface area contributed by atoms with Gasteiger partial charge in [-0.25, -0.2) is 15.0 Å². The van der Waals surface area contributed by atoms with Crippen LogP contribution in [0.25, 0.3) is 17.0 Å². The normalized spacial score (nSPS) is 22.3. The van der Waals surface area contributed by atoms with Gasteiger partial charge in [-0.3, -0.25) is 14.5 Å². The first kappa shape index (κ1) is 20.3. The van der Waals surface area contributed by atoms with Crippen LogP contribution in [-0.2, 0) is 0 Å². The molecular weight excluding hydrogens is 401 g/mol. The molecule has 0 unspecified atom stereocenters. The highest BCUT2D eigenvalue weighted by atomic mass is 19.4. The Kier molecular flexibility index (Phi) is 5.18. The molecule has 4 rings (SSSR count). The fourth-order valence-corrected chi connectivity index (χ4v) is 3.63. The summed E-state index contributed by atoms with van der Waals surface area (Å²) in [6.07, 6.45) is 4.22. The van der Waals surface area contributed by atoms with Gasteiger partial charge in [0, 0.05) is 24.0 Å². The average molecular weight is 422 g/mol. The molecule has 0 atom stereocenters. The number of alkyl halides is 3. The molecule has 1 aliphatic rings. The third-order valence-corrected chi connectivity index (χ3v) is 5.38. The molecule has 0 radical (unpaired) electrons. The Balaban J connectivity index is 1.45. The van der Waals surface area contributed by atoms with E-state index in [2.05, 4.69) is 35.8 Å². The van der Waals surface area contributed by atoms with Gasteiger partial charge in [-0.15, -0.1) is 0 Å². The zero-order chi connectivity index (χ0) is 21.4. The lowest BCUT2D eigenvalue weighted by molar-refractivity contribution is -0.129. The number of halogens is 3. The summed E-state index contributed by atoms with van der Waals surface area (Å²) >= 11 is 0. The Bertz CT molecular complexity index is 1020. The number of rotatable bonds is 5. The SMILES string of the molecule is C[C@]1(NCC(F)(F)F)CC[C@@H](NC(=O)c2nc(-n3ccnc3)nc3cn[nH]c23)CC1. The molecule has 30 heavy (non-hydrogen) atoms. The first-order valence-electron chi connectivity index (χ1n) is 9.55. The average Bonchev–Trinajstić information content (AvgIpc) is 3.39. The molecule has 1 aliphatic carbocycles. The van der Waals surface area contributed by atoms with Crippen LogP contribution in [0.5, 0.6) is 0 Å². The van der Waals surface area contributed by atoms with Crippen molar-refractivity contribution in [3.05, 3.63) is 30.6 Å². The Morgan fingerprint density at radius 3 is 2.77 bits per heavy atom. The number of amides is 1. The summed E-state index contributed by atoms with van der Waals surface area (Å²) < 4.78 is 39.1. The van der Waals surface area contributed by atoms with Gasteiger partial charge < -0.3 is 10.6 Å². The number of H-pyrrole nitrogens is 1. The van der Waals surface area contributed by atoms with E-state index in [1.807, 2.05) is 0 Å². The van der Waals surface area contributed by atoms with E-state index in [0.29, 0.717) is 42.7 Å². The van der Waals surface area contributed by atoms with Gasteiger partial charge in [-0.1, -0.05) is 0 Å². The van der Waals surface area contributed by atoms with Crippen LogP contribution in [-0.4, -0.2) is 59.9 Å². The zero-order valence-corrected chi connectivity index (χ0v) is 16.2. The Hall–Kier alpha value is -3.02. The molecule has 12 heteroatoms. The molecule has 0 spiro atoms. The number of nitrogens with zero attached hydrogens (tertiary/aromatic N) is 5. The van der Waals surface area contributed by atoms with Crippen molar-refractivity contribution in [2.75, 3.05) is 6.54 Å². The summed E-state index contributed by atoms with van der Waals surface area (Å²) in [5, 5.41) is 12.2. The Labute approximate surface area is 169 Å². The molecule has 1 saturated carbocycles. The van der Waals surface area contributed by atoms with Crippen molar-refractivity contribution in [3.63, 3.8) is 0 Å². The predicted octanol–water partition coefficient (Wildman–Crippen LogP) is 2.12. The molecule has 1 fully saturated rings. The van der Waals surface area contributed by atoms with Crippen LogP contribution in [0.1, 0.15) is 43.1 Å². The number of fused-ring (bicyclic) bond motifs is 1. The van der Waals surface area contributed by atoms with E-state index in [9.17, 15) is 18.0 Å². The van der Waals surface area contributed by atoms with E-state index in [4.69, 9.17) is 0 Å². The van der Waals surface area contributed by atoms with Gasteiger partial charge in [-0.05, 0) is 32.6 Å². The highest BCUT2D eigenvalue weighted by Gasteiger charge is 2.36. The van der Waals surface area contributed by atoms with Crippen molar-refractivity contribution >= 4 is 16.9 Å². The van der Waals surface area contributed by atoms with Crippen LogP contribution in [0.15, 0.2) is 24.9 Å². The number of aromatic amines is 1. The number of hydrogen-bond donors (Lipinski definition) is 3. The Morgan fingerprint density at radius 1 is 1.33 bits per heavy atom. The molecule has 0 aliphatic heterocycles. The second kappa shape index (κ2) is 7.67. The van der Waals surface area contributed by atoms with Gasteiger partial charge in [0.25, 0.3) is 5.91 Å². The van der Waals surface area contributed by atoms with E-state index < -0.39 is 18.3 Å². The first-order valence-corrected chi connectivity index (χ1v) is 9.55. The van der Waals surface area contributed by atoms with Crippen molar-refractivity contribution in [2.45, 2.75) is 50.4 Å². The summed E-state index contributed by atoms with van der Waals surface area (Å²) in [5.41, 5.74) is 0.469. The lowest BCUT2D eigenvalue weighted by Gasteiger charge is -2.38. The van der Waals surface area contributed by atoms with Gasteiger partial charge in [0.2, 0.25) is 5.95 Å². The summed E-state index contributed by atoms with van der Waals surface area (Å²) in [5.74, 6) is -0.0935. The minimum Gasteiger partial charge on any atom is -0.348 e. The lowest BCUT2D eigenvalue weighted by atomic mass is 9.80. The van der Waals surface area contributed by atoms with Crippen molar-refractivity contribution in [1.29, 1.82) is 0 Å². The van der Waals surface area contributed by atoms with Crippen LogP contribution in [0.2, 0.25) is 0 Å². The fourth-order valence-electron chi connectivity index (χ4n) is 3.63. The maximum Gasteiger partial charge on any atom is 0.401 e. The van der Waals surface area contributed by atoms with Gasteiger partial charge in [-0.2, -0.15) is 18.3 Å². The van der Waals surface area contributed by atoms with Crippen molar-refractivity contribution < 1.29 is 18.0 Å². The van der Waals surface area contributed by atoms with Crippen molar-refractivity contribution in [3.8, 4) is 5.95 Å². The second-order valence-electron chi connectivity index (χ2n) is 7.75. The fraction of sp³-hybridized carbons (Fsp3) is 0.500. The highest BCUT2D eigenvalue weighted by Crippen LogP contribution is 2.29. The van der Waals surface area contributed by atoms with E-state index in [1.54, 1.807) is 23.9 Å². The molecule has 3 heterocycles. The monoisotopic (exact) mass is 422 g/mol. The minimum absolute atomic E-state index is 0.150. The minimum atomic E-state index is -4.25. The third-order valence-electron chi connectivity index (χ3n) is 5.38. The van der Waals surface area contributed by atoms with Gasteiger partial charge in [0.05, 0.1) is 12.7 Å². The van der Waals surface area contributed by atoms with Crippen molar-refractivity contribution in [1.82, 2.24) is 40.3 Å². The van der Waals surface area contributed by atoms with Crippen LogP contribution < -0.4 is 10.6 Å². The second-order valence-corrected chi connectivity index (χ2v) is 7.75. The number of carbonyl (C=O) groups is 1. The van der Waals surface area contributed by atoms with E-state index in [-0.39, 0.29) is 17.6 Å². The summed E-state index contributed by atoms with van der Waals surface area (Å²) in [6.45, 7) is 0.767. The maximum atomic E-state index is 12.9. The highest BCUT2D eigenvalue weighted by molar-refractivity contribution is 6.02. The molecule has 3 N–H and O–H groups in total. The molecule has 0 aromatic carbocycles. The largest absolute Gasteiger partial charge is 0.401 e. The number of hydrogen-bond acceptors (Lipinski definition) is 6. The molecule has 1 amide bonds. The number of carbonyl (C=O) groups excluding carboxylic acids is 1. The van der Waals surface area contributed by atoms with Gasteiger partial charge in [0.1, 0.15) is 17.4 Å². The van der Waals surface area contributed by atoms with Gasteiger partial charge >= 0.3 is 6.18 Å².